The molecule has 2 heterocycles. The third-order valence-electron chi connectivity index (χ3n) is 5.85. The highest BCUT2D eigenvalue weighted by Gasteiger charge is 2.39. The van der Waals surface area contributed by atoms with Gasteiger partial charge in [0.15, 0.2) is 6.04 Å². The van der Waals surface area contributed by atoms with Crippen LogP contribution in [-0.2, 0) is 40.3 Å². The van der Waals surface area contributed by atoms with Crippen LogP contribution >= 0.6 is 0 Å². The Morgan fingerprint density at radius 2 is 2.09 bits per heavy atom. The number of nitrogens with zero attached hydrogens (tertiary/aromatic N) is 2. The summed E-state index contributed by atoms with van der Waals surface area (Å²) in [4.78, 5) is 40.3. The van der Waals surface area contributed by atoms with Crippen LogP contribution in [-0.4, -0.2) is 83.1 Å². The van der Waals surface area contributed by atoms with E-state index in [-0.39, 0.29) is 30.1 Å². The molecule has 33 heavy (non-hydrogen) atoms. The van der Waals surface area contributed by atoms with Crippen LogP contribution in [0.5, 0.6) is 0 Å². The first-order valence-corrected chi connectivity index (χ1v) is 12.3. The molecule has 2 saturated heterocycles. The Hall–Kier alpha value is -2.54. The van der Waals surface area contributed by atoms with Crippen molar-refractivity contribution in [2.75, 3.05) is 44.9 Å². The second-order valence-electron chi connectivity index (χ2n) is 7.95. The van der Waals surface area contributed by atoms with Crippen LogP contribution in [0.2, 0.25) is 0 Å². The summed E-state index contributed by atoms with van der Waals surface area (Å²) in [5, 5.41) is 0. The van der Waals surface area contributed by atoms with Crippen molar-refractivity contribution >= 4 is 33.4 Å². The molecule has 2 aliphatic heterocycles. The molecule has 0 aromatic heterocycles. The molecule has 0 saturated carbocycles. The van der Waals surface area contributed by atoms with E-state index in [0.29, 0.717) is 50.2 Å². The Morgan fingerprint density at radius 1 is 1.33 bits per heavy atom. The summed E-state index contributed by atoms with van der Waals surface area (Å²) in [6.07, 6.45) is 1.70. The van der Waals surface area contributed by atoms with Crippen molar-refractivity contribution in [3.8, 4) is 0 Å². The topological polar surface area (TPSA) is 148 Å². The zero-order valence-electron chi connectivity index (χ0n) is 18.8. The van der Waals surface area contributed by atoms with E-state index < -0.39 is 27.9 Å². The van der Waals surface area contributed by atoms with Gasteiger partial charge in [-0.25, -0.2) is 8.42 Å². The lowest BCUT2D eigenvalue weighted by atomic mass is 10.1. The molecule has 2 atom stereocenters. The number of primary amides is 1. The number of likely N-dealkylation sites (tertiary alicyclic amines) is 1. The molecule has 0 unspecified atom stereocenters. The molecule has 3 rings (SSSR count). The molecule has 0 radical (unpaired) electrons. The lowest BCUT2D eigenvalue weighted by molar-refractivity contribution is -0.139. The molecule has 0 aliphatic carbocycles. The number of anilines is 1. The minimum Gasteiger partial charge on any atom is -0.383 e. The summed E-state index contributed by atoms with van der Waals surface area (Å²) < 4.78 is 39.2. The maximum Gasteiger partial charge on any atom is 0.253 e. The Morgan fingerprint density at radius 3 is 2.73 bits per heavy atom. The number of ether oxygens (including phenoxy) is 2. The smallest absolute Gasteiger partial charge is 0.253 e. The third-order valence-corrected chi connectivity index (χ3v) is 7.36. The van der Waals surface area contributed by atoms with Crippen LogP contribution in [0.15, 0.2) is 23.1 Å². The fraction of sp³-hybridized carbons (Fsp3) is 0.571. The quantitative estimate of drug-likeness (QED) is 0.446. The number of rotatable bonds is 9. The molecular weight excluding hydrogens is 452 g/mol. The number of carbonyl (C=O) groups excluding carboxylic acids is 3. The lowest BCUT2D eigenvalue weighted by Gasteiger charge is -2.30. The first-order chi connectivity index (χ1) is 15.7. The largest absolute Gasteiger partial charge is 0.383 e. The van der Waals surface area contributed by atoms with Crippen molar-refractivity contribution in [1.82, 2.24) is 9.62 Å². The van der Waals surface area contributed by atoms with Gasteiger partial charge in [-0.3, -0.25) is 14.4 Å². The van der Waals surface area contributed by atoms with Crippen molar-refractivity contribution in [3.63, 3.8) is 0 Å². The summed E-state index contributed by atoms with van der Waals surface area (Å²) in [7, 11) is -2.82. The predicted molar refractivity (Wildman–Crippen MR) is 119 cm³/mol. The zero-order chi connectivity index (χ0) is 24.2. The summed E-state index contributed by atoms with van der Waals surface area (Å²) in [5.41, 5.74) is 6.29. The minimum absolute atomic E-state index is 0.0882. The first-order valence-electron chi connectivity index (χ1n) is 10.8. The van der Waals surface area contributed by atoms with Gasteiger partial charge in [0, 0.05) is 25.9 Å². The van der Waals surface area contributed by atoms with Crippen LogP contribution in [0, 0.1) is 0 Å². The Labute approximate surface area is 193 Å². The molecule has 1 aromatic rings. The Kier molecular flexibility index (Phi) is 8.05. The zero-order valence-corrected chi connectivity index (χ0v) is 19.6. The second kappa shape index (κ2) is 10.6. The molecule has 1 aromatic carbocycles. The van der Waals surface area contributed by atoms with Crippen LogP contribution in [0.25, 0.3) is 0 Å². The molecule has 12 heteroatoms. The molecule has 2 aliphatic rings. The minimum atomic E-state index is -4.33. The van der Waals surface area contributed by atoms with E-state index in [9.17, 15) is 22.8 Å². The number of morpholine rings is 1. The molecule has 3 N–H and O–H groups in total. The van der Waals surface area contributed by atoms with Crippen molar-refractivity contribution in [1.29, 1.82) is 0 Å². The molecule has 0 spiro atoms. The third kappa shape index (κ3) is 5.35. The number of hydrogen-bond acceptors (Lipinski definition) is 7. The van der Waals surface area contributed by atoms with E-state index in [4.69, 9.17) is 15.2 Å². The van der Waals surface area contributed by atoms with E-state index in [2.05, 4.69) is 4.72 Å². The molecule has 0 bridgehead atoms. The van der Waals surface area contributed by atoms with Crippen LogP contribution in [0.4, 0.5) is 5.69 Å². The van der Waals surface area contributed by atoms with E-state index in [1.165, 1.54) is 29.0 Å². The summed E-state index contributed by atoms with van der Waals surface area (Å²) in [6, 6.07) is 2.54. The highest BCUT2D eigenvalue weighted by atomic mass is 32.2. The molecule has 3 amide bonds. The number of amides is 3. The highest BCUT2D eigenvalue weighted by Crippen LogP contribution is 2.29. The van der Waals surface area contributed by atoms with Crippen LogP contribution in [0.1, 0.15) is 25.3 Å². The first kappa shape index (κ1) is 25.1. The highest BCUT2D eigenvalue weighted by molar-refractivity contribution is 7.89. The maximum absolute atomic E-state index is 13.3. The number of carbonyl (C=O) groups is 3. The van der Waals surface area contributed by atoms with E-state index >= 15 is 0 Å². The van der Waals surface area contributed by atoms with Gasteiger partial charge in [0.2, 0.25) is 15.9 Å². The van der Waals surface area contributed by atoms with Gasteiger partial charge in [-0.05, 0) is 37.0 Å². The standard InChI is InChI=1S/C21H30N4O7S/c1-3-15-16(25-10-11-32-13-18(25)26)7-4-8-17(15)33(29,30)23-19(20(22)27)21(28)24-9-5-6-14(24)12-31-2/h4,7-8,14,19,23H,3,5-6,9-13H2,1-2H3,(H2,22,27)/t14-,19-/m0/s1. The van der Waals surface area contributed by atoms with Gasteiger partial charge in [0.05, 0.1) is 24.2 Å². The van der Waals surface area contributed by atoms with Gasteiger partial charge in [-0.15, -0.1) is 0 Å². The van der Waals surface area contributed by atoms with E-state index in [0.717, 1.165) is 0 Å². The Bertz CT molecular complexity index is 1010. The van der Waals surface area contributed by atoms with Gasteiger partial charge in [-0.1, -0.05) is 13.0 Å². The summed E-state index contributed by atoms with van der Waals surface area (Å²) in [6.45, 7) is 2.96. The van der Waals surface area contributed by atoms with Crippen molar-refractivity contribution in [3.05, 3.63) is 23.8 Å². The van der Waals surface area contributed by atoms with Gasteiger partial charge in [-0.2, -0.15) is 4.72 Å². The van der Waals surface area contributed by atoms with Gasteiger partial charge < -0.3 is 25.0 Å². The lowest BCUT2D eigenvalue weighted by Crippen LogP contribution is -2.56. The number of nitrogens with one attached hydrogen (secondary N) is 1. The fourth-order valence-electron chi connectivity index (χ4n) is 4.29. The summed E-state index contributed by atoms with van der Waals surface area (Å²) >= 11 is 0. The second-order valence-corrected chi connectivity index (χ2v) is 9.63. The molecular formula is C21H30N4O7S. The monoisotopic (exact) mass is 482 g/mol. The van der Waals surface area contributed by atoms with Crippen LogP contribution in [0.3, 0.4) is 0 Å². The Balaban J connectivity index is 1.92. The van der Waals surface area contributed by atoms with E-state index in [1.807, 2.05) is 0 Å². The average molecular weight is 483 g/mol. The van der Waals surface area contributed by atoms with Crippen LogP contribution < -0.4 is 15.4 Å². The van der Waals surface area contributed by atoms with Crippen molar-refractivity contribution < 1.29 is 32.3 Å². The predicted octanol–water partition coefficient (Wildman–Crippen LogP) is -0.618. The van der Waals surface area contributed by atoms with Crippen molar-refractivity contribution in [2.24, 2.45) is 5.73 Å². The molecule has 11 nitrogen and oxygen atoms in total. The number of sulfonamides is 1. The number of methoxy groups -OCH3 is 1. The molecule has 2 fully saturated rings. The number of nitrogens with two attached hydrogens (primary N) is 1. The number of benzene rings is 1. The van der Waals surface area contributed by atoms with Gasteiger partial charge >= 0.3 is 0 Å². The SMILES string of the molecule is CCc1c(N2CCOCC2=O)cccc1S(=O)(=O)N[C@@H](C(N)=O)C(=O)N1CCC[C@H]1COC. The van der Waals surface area contributed by atoms with Gasteiger partial charge in [0.25, 0.3) is 11.8 Å². The summed E-state index contributed by atoms with van der Waals surface area (Å²) in [5.74, 6) is -2.07. The molecule has 182 valence electrons. The van der Waals surface area contributed by atoms with E-state index in [1.54, 1.807) is 13.0 Å². The average Bonchev–Trinajstić information content (AvgIpc) is 3.25. The normalized spacial score (nSPS) is 20.2. The fourth-order valence-corrected chi connectivity index (χ4v) is 5.78. The van der Waals surface area contributed by atoms with Gasteiger partial charge in [0.1, 0.15) is 6.61 Å². The maximum atomic E-state index is 13.3. The van der Waals surface area contributed by atoms with Crippen molar-refractivity contribution in [2.45, 2.75) is 43.2 Å². The number of hydrogen-bond donors (Lipinski definition) is 2.